The maximum absolute atomic E-state index is 13.0. The number of ether oxygens (including phenoxy) is 2. The van der Waals surface area contributed by atoms with Crippen molar-refractivity contribution in [2.75, 3.05) is 39.8 Å². The van der Waals surface area contributed by atoms with E-state index in [1.54, 1.807) is 0 Å². The van der Waals surface area contributed by atoms with Crippen molar-refractivity contribution in [1.82, 2.24) is 15.3 Å². The second kappa shape index (κ2) is 8.57. The standard InChI is InChI=1S/C23H43N3O4/c1-21(2,3)30-20(28)26(14-16-12-24-25(7)13-16)11-9-17-8-10-23(6)18(22(17,4)5)15-29-19(23)27/h16-19,24,27H,8-15H2,1-7H3. The molecule has 2 aliphatic heterocycles. The molecule has 0 aromatic heterocycles. The van der Waals surface area contributed by atoms with Crippen molar-refractivity contribution in [1.29, 1.82) is 0 Å². The van der Waals surface area contributed by atoms with Gasteiger partial charge in [-0.3, -0.25) is 5.43 Å². The molecule has 2 saturated heterocycles. The minimum absolute atomic E-state index is 0.0548. The molecule has 1 amide bonds. The first-order valence-electron chi connectivity index (χ1n) is 11.5. The summed E-state index contributed by atoms with van der Waals surface area (Å²) in [6, 6.07) is 0. The molecule has 174 valence electrons. The highest BCUT2D eigenvalue weighted by Gasteiger charge is 2.58. The maximum atomic E-state index is 13.0. The number of aliphatic hydroxyl groups is 1. The Morgan fingerprint density at radius 1 is 1.33 bits per heavy atom. The van der Waals surface area contributed by atoms with Crippen molar-refractivity contribution in [3.63, 3.8) is 0 Å². The van der Waals surface area contributed by atoms with Crippen LogP contribution < -0.4 is 5.43 Å². The van der Waals surface area contributed by atoms with Crippen LogP contribution in [0.1, 0.15) is 60.8 Å². The number of amides is 1. The fourth-order valence-electron chi connectivity index (χ4n) is 5.89. The monoisotopic (exact) mass is 425 g/mol. The Hall–Kier alpha value is -0.890. The van der Waals surface area contributed by atoms with Gasteiger partial charge in [-0.25, -0.2) is 9.80 Å². The highest BCUT2D eigenvalue weighted by atomic mass is 16.6. The smallest absolute Gasteiger partial charge is 0.410 e. The lowest BCUT2D eigenvalue weighted by Crippen LogP contribution is -2.50. The lowest BCUT2D eigenvalue weighted by molar-refractivity contribution is -0.133. The molecule has 0 aromatic rings. The van der Waals surface area contributed by atoms with E-state index >= 15 is 0 Å². The van der Waals surface area contributed by atoms with Crippen LogP contribution >= 0.6 is 0 Å². The van der Waals surface area contributed by atoms with Crippen LogP contribution in [0.25, 0.3) is 0 Å². The van der Waals surface area contributed by atoms with Gasteiger partial charge in [0.1, 0.15) is 5.60 Å². The Labute approximate surface area is 182 Å². The molecule has 2 N–H and O–H groups in total. The van der Waals surface area contributed by atoms with Gasteiger partial charge in [-0.1, -0.05) is 20.8 Å². The zero-order chi connectivity index (χ0) is 22.3. The summed E-state index contributed by atoms with van der Waals surface area (Å²) in [5.41, 5.74) is 2.73. The molecule has 0 bridgehead atoms. The number of carbonyl (C=O) groups is 1. The van der Waals surface area contributed by atoms with Crippen LogP contribution in [-0.4, -0.2) is 72.8 Å². The van der Waals surface area contributed by atoms with Crippen LogP contribution in [0.15, 0.2) is 0 Å². The predicted molar refractivity (Wildman–Crippen MR) is 117 cm³/mol. The summed E-state index contributed by atoms with van der Waals surface area (Å²) in [7, 11) is 2.04. The van der Waals surface area contributed by atoms with Crippen molar-refractivity contribution >= 4 is 6.09 Å². The second-order valence-electron chi connectivity index (χ2n) is 11.6. The number of aliphatic hydroxyl groups excluding tert-OH is 1. The number of fused-ring (bicyclic) bond motifs is 1. The minimum Gasteiger partial charge on any atom is -0.444 e. The quantitative estimate of drug-likeness (QED) is 0.705. The lowest BCUT2D eigenvalue weighted by atomic mass is 9.52. The Morgan fingerprint density at radius 3 is 2.63 bits per heavy atom. The van der Waals surface area contributed by atoms with Gasteiger partial charge in [-0.15, -0.1) is 0 Å². The Morgan fingerprint density at radius 2 is 2.03 bits per heavy atom. The van der Waals surface area contributed by atoms with Crippen molar-refractivity contribution in [2.24, 2.45) is 28.6 Å². The van der Waals surface area contributed by atoms with Crippen LogP contribution in [0.4, 0.5) is 4.79 Å². The lowest BCUT2D eigenvalue weighted by Gasteiger charge is -2.51. The topological polar surface area (TPSA) is 74.3 Å². The molecule has 5 atom stereocenters. The van der Waals surface area contributed by atoms with E-state index in [4.69, 9.17) is 9.47 Å². The molecule has 3 fully saturated rings. The Balaban J connectivity index is 1.66. The van der Waals surface area contributed by atoms with Crippen molar-refractivity contribution in [3.8, 4) is 0 Å². The fraction of sp³-hybridized carbons (Fsp3) is 0.957. The van der Waals surface area contributed by atoms with Gasteiger partial charge in [-0.05, 0) is 57.3 Å². The summed E-state index contributed by atoms with van der Waals surface area (Å²) in [6.45, 7) is 16.4. The van der Waals surface area contributed by atoms with Gasteiger partial charge < -0.3 is 19.5 Å². The summed E-state index contributed by atoms with van der Waals surface area (Å²) < 4.78 is 11.4. The van der Waals surface area contributed by atoms with E-state index in [1.807, 2.05) is 32.7 Å². The van der Waals surface area contributed by atoms with Gasteiger partial charge in [0.2, 0.25) is 0 Å². The normalized spacial score (nSPS) is 36.5. The van der Waals surface area contributed by atoms with Crippen LogP contribution in [-0.2, 0) is 9.47 Å². The average Bonchev–Trinajstić information content (AvgIpc) is 3.15. The first-order chi connectivity index (χ1) is 13.8. The molecule has 7 nitrogen and oxygen atoms in total. The van der Waals surface area contributed by atoms with E-state index in [1.165, 1.54) is 0 Å². The Kier molecular flexibility index (Phi) is 6.79. The number of rotatable bonds is 5. The summed E-state index contributed by atoms with van der Waals surface area (Å²) in [5, 5.41) is 12.5. The number of hydrogen-bond donors (Lipinski definition) is 2. The van der Waals surface area contributed by atoms with Crippen molar-refractivity contribution < 1.29 is 19.4 Å². The van der Waals surface area contributed by atoms with E-state index in [0.29, 0.717) is 37.5 Å². The van der Waals surface area contributed by atoms with Crippen LogP contribution in [0.5, 0.6) is 0 Å². The van der Waals surface area contributed by atoms with Gasteiger partial charge in [0, 0.05) is 44.6 Å². The van der Waals surface area contributed by atoms with Gasteiger partial charge in [0.15, 0.2) is 6.29 Å². The van der Waals surface area contributed by atoms with Crippen LogP contribution in [0, 0.1) is 28.6 Å². The molecule has 0 aromatic carbocycles. The van der Waals surface area contributed by atoms with E-state index in [2.05, 4.69) is 31.2 Å². The highest BCUT2D eigenvalue weighted by molar-refractivity contribution is 5.68. The molecule has 5 unspecified atom stereocenters. The number of hydrogen-bond acceptors (Lipinski definition) is 6. The summed E-state index contributed by atoms with van der Waals surface area (Å²) in [4.78, 5) is 14.9. The summed E-state index contributed by atoms with van der Waals surface area (Å²) in [5.74, 6) is 1.23. The summed E-state index contributed by atoms with van der Waals surface area (Å²) >= 11 is 0. The minimum atomic E-state index is -0.659. The van der Waals surface area contributed by atoms with Crippen LogP contribution in [0.3, 0.4) is 0 Å². The molecule has 1 saturated carbocycles. The average molecular weight is 426 g/mol. The van der Waals surface area contributed by atoms with Crippen molar-refractivity contribution in [3.05, 3.63) is 0 Å². The number of nitrogens with one attached hydrogen (secondary N) is 1. The molecule has 1 aliphatic carbocycles. The number of nitrogens with zero attached hydrogens (tertiary/aromatic N) is 2. The van der Waals surface area contributed by atoms with Gasteiger partial charge in [0.25, 0.3) is 0 Å². The molecule has 3 aliphatic rings. The predicted octanol–water partition coefficient (Wildman–Crippen LogP) is 3.09. The number of carbonyl (C=O) groups excluding carboxylic acids is 1. The van der Waals surface area contributed by atoms with E-state index < -0.39 is 11.9 Å². The zero-order valence-electron chi connectivity index (χ0n) is 20.0. The third kappa shape index (κ3) is 4.95. The Bertz CT molecular complexity index is 620. The van der Waals surface area contributed by atoms with Gasteiger partial charge >= 0.3 is 6.09 Å². The third-order valence-corrected chi connectivity index (χ3v) is 7.82. The van der Waals surface area contributed by atoms with Gasteiger partial charge in [0.05, 0.1) is 6.61 Å². The largest absolute Gasteiger partial charge is 0.444 e. The number of hydrazine groups is 1. The fourth-order valence-corrected chi connectivity index (χ4v) is 5.89. The van der Waals surface area contributed by atoms with Gasteiger partial charge in [-0.2, -0.15) is 0 Å². The van der Waals surface area contributed by atoms with E-state index in [9.17, 15) is 9.90 Å². The van der Waals surface area contributed by atoms with E-state index in [-0.39, 0.29) is 16.9 Å². The van der Waals surface area contributed by atoms with Crippen molar-refractivity contribution in [2.45, 2.75) is 72.7 Å². The van der Waals surface area contributed by atoms with E-state index in [0.717, 1.165) is 32.4 Å². The highest BCUT2D eigenvalue weighted by Crippen LogP contribution is 2.59. The molecule has 2 heterocycles. The maximum Gasteiger partial charge on any atom is 0.410 e. The molecular weight excluding hydrogens is 382 g/mol. The first kappa shape index (κ1) is 23.8. The molecule has 0 radical (unpaired) electrons. The SMILES string of the molecule is CN1CC(CN(CCC2CCC3(C)C(O)OCC3C2(C)C)C(=O)OC(C)(C)C)CN1. The first-order valence-corrected chi connectivity index (χ1v) is 11.5. The van der Waals surface area contributed by atoms with Crippen LogP contribution in [0.2, 0.25) is 0 Å². The molecule has 30 heavy (non-hydrogen) atoms. The molecule has 3 rings (SSSR count). The zero-order valence-corrected chi connectivity index (χ0v) is 20.0. The third-order valence-electron chi connectivity index (χ3n) is 7.82. The summed E-state index contributed by atoms with van der Waals surface area (Å²) in [6.07, 6.45) is 2.10. The molecule has 0 spiro atoms. The molecular formula is C23H43N3O4. The second-order valence-corrected chi connectivity index (χ2v) is 11.6. The molecule has 7 heteroatoms.